The van der Waals surface area contributed by atoms with Gasteiger partial charge < -0.3 is 5.32 Å². The van der Waals surface area contributed by atoms with Gasteiger partial charge in [-0.1, -0.05) is 36.4 Å². The Morgan fingerprint density at radius 3 is 2.57 bits per heavy atom. The summed E-state index contributed by atoms with van der Waals surface area (Å²) in [5, 5.41) is 11.8. The molecule has 0 saturated heterocycles. The second-order valence-corrected chi connectivity index (χ2v) is 6.43. The van der Waals surface area contributed by atoms with Gasteiger partial charge in [0.1, 0.15) is 6.54 Å². The normalized spacial score (nSPS) is 10.9. The fourth-order valence-electron chi connectivity index (χ4n) is 3.13. The van der Waals surface area contributed by atoms with Crippen molar-refractivity contribution in [3.8, 4) is 0 Å². The Morgan fingerprint density at radius 1 is 0.964 bits per heavy atom. The van der Waals surface area contributed by atoms with Gasteiger partial charge in [-0.2, -0.15) is 10.2 Å². The summed E-state index contributed by atoms with van der Waals surface area (Å²) in [6.07, 6.45) is 4.89. The smallest absolute Gasteiger partial charge is 0.242 e. The maximum Gasteiger partial charge on any atom is 0.242 e. The minimum atomic E-state index is -0.171. The Hall–Kier alpha value is -3.74. The number of nitrogens with zero attached hydrogens (tertiary/aromatic N) is 4. The molecule has 4 rings (SSSR count). The minimum absolute atomic E-state index is 0.0438. The fraction of sp³-hybridized carbons (Fsp3) is 0.143. The highest BCUT2D eigenvalue weighted by molar-refractivity contribution is 5.81. The quantitative estimate of drug-likeness (QED) is 0.560. The molecule has 0 radical (unpaired) electrons. The Morgan fingerprint density at radius 2 is 1.75 bits per heavy atom. The molecule has 7 nitrogen and oxygen atoms in total. The third kappa shape index (κ3) is 3.83. The topological polar surface area (TPSA) is 81.8 Å². The summed E-state index contributed by atoms with van der Waals surface area (Å²) in [4.78, 5) is 24.4. The van der Waals surface area contributed by atoms with Crippen molar-refractivity contribution in [3.05, 3.63) is 94.5 Å². The number of hydrogen-bond acceptors (Lipinski definition) is 4. The summed E-state index contributed by atoms with van der Waals surface area (Å²) in [6.45, 7) is 1.10. The summed E-state index contributed by atoms with van der Waals surface area (Å²) in [7, 11) is 0. The van der Waals surface area contributed by atoms with E-state index < -0.39 is 0 Å². The molecule has 4 aromatic rings. The summed E-state index contributed by atoms with van der Waals surface area (Å²) in [5.41, 5.74) is 2.62. The zero-order valence-electron chi connectivity index (χ0n) is 15.2. The summed E-state index contributed by atoms with van der Waals surface area (Å²) < 4.78 is 3.39. The molecule has 2 aromatic heterocycles. The number of fused-ring (bicyclic) bond motifs is 1. The second-order valence-electron chi connectivity index (χ2n) is 6.43. The van der Waals surface area contributed by atoms with Gasteiger partial charge in [-0.25, -0.2) is 0 Å². The van der Waals surface area contributed by atoms with Crippen LogP contribution >= 0.6 is 0 Å². The molecular weight excluding hydrogens is 354 g/mol. The largest absolute Gasteiger partial charge is 0.350 e. The van der Waals surface area contributed by atoms with Crippen LogP contribution in [-0.2, 0) is 24.4 Å². The number of benzene rings is 2. The van der Waals surface area contributed by atoms with Crippen LogP contribution in [0.25, 0.3) is 10.9 Å². The molecule has 0 atom stereocenters. The highest BCUT2D eigenvalue weighted by Crippen LogP contribution is 2.11. The summed E-state index contributed by atoms with van der Waals surface area (Å²) in [6, 6.07) is 17.0. The minimum Gasteiger partial charge on any atom is -0.350 e. The van der Waals surface area contributed by atoms with E-state index in [2.05, 4.69) is 15.5 Å². The lowest BCUT2D eigenvalue weighted by Crippen LogP contribution is -2.29. The van der Waals surface area contributed by atoms with Crippen molar-refractivity contribution in [3.63, 3.8) is 0 Å². The number of carbonyl (C=O) groups is 1. The van der Waals surface area contributed by atoms with Crippen LogP contribution in [-0.4, -0.2) is 25.5 Å². The summed E-state index contributed by atoms with van der Waals surface area (Å²) >= 11 is 0. The van der Waals surface area contributed by atoms with E-state index in [4.69, 9.17) is 0 Å². The molecule has 2 aromatic carbocycles. The van der Waals surface area contributed by atoms with E-state index in [1.165, 1.54) is 6.20 Å². The number of para-hydroxylation sites is 1. The van der Waals surface area contributed by atoms with Crippen molar-refractivity contribution >= 4 is 16.8 Å². The number of rotatable bonds is 6. The SMILES string of the molecule is O=C(Cn1ncc(=O)c2ccccc21)NCc1ccccc1Cn1cccn1. The van der Waals surface area contributed by atoms with Crippen LogP contribution in [0.4, 0.5) is 0 Å². The first-order chi connectivity index (χ1) is 13.7. The molecule has 0 fully saturated rings. The van der Waals surface area contributed by atoms with Crippen molar-refractivity contribution in [1.82, 2.24) is 24.9 Å². The van der Waals surface area contributed by atoms with Gasteiger partial charge in [-0.05, 0) is 29.3 Å². The number of nitrogens with one attached hydrogen (secondary N) is 1. The molecule has 0 saturated carbocycles. The van der Waals surface area contributed by atoms with Crippen molar-refractivity contribution < 1.29 is 4.79 Å². The molecule has 1 N–H and O–H groups in total. The third-order valence-electron chi connectivity index (χ3n) is 4.54. The number of carbonyl (C=O) groups excluding carboxylic acids is 1. The molecule has 28 heavy (non-hydrogen) atoms. The molecular formula is C21H19N5O2. The Kier molecular flexibility index (Phi) is 4.97. The van der Waals surface area contributed by atoms with Crippen LogP contribution in [0, 0.1) is 0 Å². The van der Waals surface area contributed by atoms with E-state index in [9.17, 15) is 9.59 Å². The van der Waals surface area contributed by atoms with Crippen LogP contribution < -0.4 is 10.7 Å². The summed E-state index contributed by atoms with van der Waals surface area (Å²) in [5.74, 6) is -0.171. The van der Waals surface area contributed by atoms with E-state index in [0.717, 1.165) is 11.1 Å². The molecule has 0 spiro atoms. The maximum absolute atomic E-state index is 12.5. The number of amides is 1. The zero-order chi connectivity index (χ0) is 19.3. The van der Waals surface area contributed by atoms with Crippen molar-refractivity contribution in [1.29, 1.82) is 0 Å². The molecule has 0 aliphatic rings. The molecule has 1 amide bonds. The standard InChI is InChI=1S/C21H19N5O2/c27-20-13-24-26(19-9-4-3-8-18(19)20)15-21(28)22-12-16-6-1-2-7-17(16)14-25-11-5-10-23-25/h1-11,13H,12,14-15H2,(H,22,28). The van der Waals surface area contributed by atoms with Crippen LogP contribution in [0.2, 0.25) is 0 Å². The first-order valence-corrected chi connectivity index (χ1v) is 8.96. The van der Waals surface area contributed by atoms with E-state index in [1.54, 1.807) is 29.1 Å². The maximum atomic E-state index is 12.5. The average Bonchev–Trinajstić information content (AvgIpc) is 3.23. The van der Waals surface area contributed by atoms with Crippen molar-refractivity contribution in [2.24, 2.45) is 0 Å². The number of hydrogen-bond donors (Lipinski definition) is 1. The van der Waals surface area contributed by atoms with Crippen molar-refractivity contribution in [2.75, 3.05) is 0 Å². The molecule has 2 heterocycles. The van der Waals surface area contributed by atoms with Gasteiger partial charge in [-0.15, -0.1) is 0 Å². The van der Waals surface area contributed by atoms with Gasteiger partial charge >= 0.3 is 0 Å². The highest BCUT2D eigenvalue weighted by Gasteiger charge is 2.09. The fourth-order valence-corrected chi connectivity index (χ4v) is 3.13. The first-order valence-electron chi connectivity index (χ1n) is 8.96. The lowest BCUT2D eigenvalue weighted by atomic mass is 10.1. The van der Waals surface area contributed by atoms with Gasteiger partial charge in [0.05, 0.1) is 18.3 Å². The Bertz CT molecular complexity index is 1160. The molecule has 0 aliphatic heterocycles. The van der Waals surface area contributed by atoms with Gasteiger partial charge in [0.2, 0.25) is 11.3 Å². The van der Waals surface area contributed by atoms with Crippen LogP contribution in [0.15, 0.2) is 78.0 Å². The lowest BCUT2D eigenvalue weighted by Gasteiger charge is -2.12. The predicted molar refractivity (Wildman–Crippen MR) is 106 cm³/mol. The van der Waals surface area contributed by atoms with E-state index in [0.29, 0.717) is 24.0 Å². The first kappa shape index (κ1) is 17.7. The second kappa shape index (κ2) is 7.87. The van der Waals surface area contributed by atoms with Crippen LogP contribution in [0.3, 0.4) is 0 Å². The molecule has 0 bridgehead atoms. The zero-order valence-corrected chi connectivity index (χ0v) is 15.2. The van der Waals surface area contributed by atoms with Gasteiger partial charge in [0.15, 0.2) is 0 Å². The molecule has 7 heteroatoms. The monoisotopic (exact) mass is 373 g/mol. The molecule has 0 aliphatic carbocycles. The molecule has 140 valence electrons. The van der Waals surface area contributed by atoms with Gasteiger partial charge in [0, 0.05) is 24.3 Å². The van der Waals surface area contributed by atoms with Crippen LogP contribution in [0.1, 0.15) is 11.1 Å². The van der Waals surface area contributed by atoms with Gasteiger partial charge in [0.25, 0.3) is 0 Å². The number of aromatic nitrogens is 4. The Labute approximate surface area is 161 Å². The van der Waals surface area contributed by atoms with E-state index in [1.807, 2.05) is 47.3 Å². The van der Waals surface area contributed by atoms with Crippen molar-refractivity contribution in [2.45, 2.75) is 19.6 Å². The van der Waals surface area contributed by atoms with Crippen LogP contribution in [0.5, 0.6) is 0 Å². The third-order valence-corrected chi connectivity index (χ3v) is 4.54. The highest BCUT2D eigenvalue weighted by atomic mass is 16.2. The predicted octanol–water partition coefficient (Wildman–Crippen LogP) is 1.96. The average molecular weight is 373 g/mol. The lowest BCUT2D eigenvalue weighted by molar-refractivity contribution is -0.121. The van der Waals surface area contributed by atoms with E-state index >= 15 is 0 Å². The van der Waals surface area contributed by atoms with E-state index in [-0.39, 0.29) is 17.9 Å². The molecule has 0 unspecified atom stereocenters. The Balaban J connectivity index is 1.46. The van der Waals surface area contributed by atoms with Gasteiger partial charge in [-0.3, -0.25) is 19.0 Å².